The summed E-state index contributed by atoms with van der Waals surface area (Å²) in [4.78, 5) is 3.51. The average molecular weight is 390 g/mol. The van der Waals surface area contributed by atoms with E-state index in [-0.39, 0.29) is 0 Å². The van der Waals surface area contributed by atoms with Gasteiger partial charge in [0.15, 0.2) is 0 Å². The molecule has 2 heterocycles. The summed E-state index contributed by atoms with van der Waals surface area (Å²) in [5.74, 6) is 0. The number of rotatable bonds is 3. The van der Waals surface area contributed by atoms with Crippen LogP contribution in [-0.4, -0.2) is 30.0 Å². The van der Waals surface area contributed by atoms with Crippen LogP contribution in [0.15, 0.2) is 97.1 Å². The highest BCUT2D eigenvalue weighted by Gasteiger charge is 2.38. The third-order valence-corrected chi connectivity index (χ3v) is 5.48. The normalized spacial score (nSPS) is 15.5. The van der Waals surface area contributed by atoms with E-state index in [1.165, 1.54) is 0 Å². The van der Waals surface area contributed by atoms with Crippen molar-refractivity contribution in [1.82, 2.24) is 30.0 Å². The maximum atomic E-state index is 4.81. The van der Waals surface area contributed by atoms with Crippen molar-refractivity contribution >= 4 is 27.6 Å². The van der Waals surface area contributed by atoms with Gasteiger partial charge in [-0.25, -0.2) is 0 Å². The van der Waals surface area contributed by atoms with Crippen molar-refractivity contribution < 1.29 is 0 Å². The molecule has 0 bridgehead atoms. The fourth-order valence-electron chi connectivity index (χ4n) is 3.95. The van der Waals surface area contributed by atoms with E-state index in [1.54, 1.807) is 9.59 Å². The molecule has 1 aliphatic carbocycles. The molecule has 30 heavy (non-hydrogen) atoms. The van der Waals surface area contributed by atoms with E-state index in [2.05, 4.69) is 30.4 Å². The smallest absolute Gasteiger partial charge is 0.151 e. The van der Waals surface area contributed by atoms with Gasteiger partial charge in [-0.05, 0) is 41.5 Å². The summed E-state index contributed by atoms with van der Waals surface area (Å²) in [6.45, 7) is 0. The van der Waals surface area contributed by atoms with Gasteiger partial charge in [0.25, 0.3) is 0 Å². The molecule has 3 aromatic carbocycles. The Hall–Kier alpha value is -4.06. The summed E-state index contributed by atoms with van der Waals surface area (Å²) >= 11 is 0. The van der Waals surface area contributed by atoms with Crippen LogP contribution in [0.2, 0.25) is 0 Å². The Morgan fingerprint density at radius 2 is 1.07 bits per heavy atom. The fourth-order valence-corrected chi connectivity index (χ4v) is 3.95. The van der Waals surface area contributed by atoms with Gasteiger partial charge in [0.2, 0.25) is 5.66 Å². The Kier molecular flexibility index (Phi) is 3.64. The second kappa shape index (κ2) is 6.49. The van der Waals surface area contributed by atoms with Gasteiger partial charge in [-0.2, -0.15) is 20.4 Å². The van der Waals surface area contributed by atoms with E-state index < -0.39 is 5.66 Å². The van der Waals surface area contributed by atoms with Crippen LogP contribution in [0.3, 0.4) is 0 Å². The van der Waals surface area contributed by atoms with Crippen molar-refractivity contribution in [2.75, 3.05) is 0 Å². The third-order valence-electron chi connectivity index (χ3n) is 5.48. The molecule has 1 aliphatic rings. The molecule has 2 aromatic heterocycles. The SMILES string of the molecule is C1=CC(c2ccccc2)=CC(n2nc3ccccc3n2)(n2nc3ccccc3n2)C1. The number of hydrogen-bond donors (Lipinski definition) is 0. The molecule has 0 N–H and O–H groups in total. The zero-order valence-corrected chi connectivity index (χ0v) is 16.1. The molecule has 0 fully saturated rings. The lowest BCUT2D eigenvalue weighted by atomic mass is 9.93. The molecule has 0 amide bonds. The quantitative estimate of drug-likeness (QED) is 0.457. The minimum absolute atomic E-state index is 0.644. The minimum Gasteiger partial charge on any atom is -0.151 e. The van der Waals surface area contributed by atoms with E-state index in [4.69, 9.17) is 20.4 Å². The highest BCUT2D eigenvalue weighted by Crippen LogP contribution is 2.34. The topological polar surface area (TPSA) is 61.4 Å². The molecule has 6 heteroatoms. The van der Waals surface area contributed by atoms with Crippen LogP contribution in [0.25, 0.3) is 27.6 Å². The van der Waals surface area contributed by atoms with Gasteiger partial charge in [0.05, 0.1) is 0 Å². The van der Waals surface area contributed by atoms with Crippen molar-refractivity contribution in [1.29, 1.82) is 0 Å². The lowest BCUT2D eigenvalue weighted by Gasteiger charge is -2.30. The van der Waals surface area contributed by atoms with Gasteiger partial charge in [-0.3, -0.25) is 0 Å². The average Bonchev–Trinajstić information content (AvgIpc) is 3.44. The summed E-state index contributed by atoms with van der Waals surface area (Å²) in [7, 11) is 0. The van der Waals surface area contributed by atoms with E-state index >= 15 is 0 Å². The maximum absolute atomic E-state index is 4.81. The predicted octanol–water partition coefficient (Wildman–Crippen LogP) is 4.42. The lowest BCUT2D eigenvalue weighted by Crippen LogP contribution is -2.43. The van der Waals surface area contributed by atoms with Gasteiger partial charge in [0.1, 0.15) is 22.1 Å². The second-order valence-corrected chi connectivity index (χ2v) is 7.41. The highest BCUT2D eigenvalue weighted by atomic mass is 15.6. The minimum atomic E-state index is -0.780. The van der Waals surface area contributed by atoms with E-state index in [0.717, 1.165) is 33.2 Å². The molecule has 0 spiro atoms. The van der Waals surface area contributed by atoms with Crippen molar-refractivity contribution in [2.45, 2.75) is 12.1 Å². The Morgan fingerprint density at radius 1 is 0.600 bits per heavy atom. The van der Waals surface area contributed by atoms with Crippen LogP contribution in [0.4, 0.5) is 0 Å². The summed E-state index contributed by atoms with van der Waals surface area (Å²) in [5, 5.41) is 19.2. The molecular weight excluding hydrogens is 372 g/mol. The monoisotopic (exact) mass is 390 g/mol. The number of allylic oxidation sites excluding steroid dienone is 4. The molecule has 0 aliphatic heterocycles. The molecule has 6 nitrogen and oxygen atoms in total. The molecule has 144 valence electrons. The first-order valence-electron chi connectivity index (χ1n) is 9.92. The number of benzene rings is 3. The van der Waals surface area contributed by atoms with Crippen LogP contribution in [0, 0.1) is 0 Å². The Balaban J connectivity index is 1.62. The predicted molar refractivity (Wildman–Crippen MR) is 117 cm³/mol. The number of fused-ring (bicyclic) bond motifs is 2. The molecule has 5 aromatic rings. The third kappa shape index (κ3) is 2.58. The number of hydrogen-bond acceptors (Lipinski definition) is 4. The molecular formula is C24H18N6. The largest absolute Gasteiger partial charge is 0.214 e. The van der Waals surface area contributed by atoms with E-state index in [9.17, 15) is 0 Å². The highest BCUT2D eigenvalue weighted by molar-refractivity contribution is 5.77. The standard InChI is InChI=1S/C24H18N6/c1-2-9-18(10-3-1)19-11-8-16-24(17-19,29-25-20-12-4-5-13-21(20)26-29)30-27-22-14-6-7-15-23(22)28-30/h1-15,17H,16H2. The van der Waals surface area contributed by atoms with Gasteiger partial charge < -0.3 is 0 Å². The summed E-state index contributed by atoms with van der Waals surface area (Å²) in [6.07, 6.45) is 7.09. The van der Waals surface area contributed by atoms with Crippen molar-refractivity contribution in [3.63, 3.8) is 0 Å². The van der Waals surface area contributed by atoms with Crippen LogP contribution in [0.5, 0.6) is 0 Å². The van der Waals surface area contributed by atoms with Gasteiger partial charge in [-0.1, -0.05) is 66.7 Å². The van der Waals surface area contributed by atoms with Crippen LogP contribution >= 0.6 is 0 Å². The van der Waals surface area contributed by atoms with E-state index in [1.807, 2.05) is 66.7 Å². The fraction of sp³-hybridized carbons (Fsp3) is 0.0833. The van der Waals surface area contributed by atoms with Gasteiger partial charge in [0, 0.05) is 6.42 Å². The first-order chi connectivity index (χ1) is 14.8. The Bertz CT molecular complexity index is 1280. The number of nitrogens with zero attached hydrogens (tertiary/aromatic N) is 6. The maximum Gasteiger partial charge on any atom is 0.214 e. The number of aromatic nitrogens is 6. The lowest BCUT2D eigenvalue weighted by molar-refractivity contribution is 0.200. The van der Waals surface area contributed by atoms with Crippen molar-refractivity contribution in [3.8, 4) is 0 Å². The summed E-state index contributed by atoms with van der Waals surface area (Å²) < 4.78 is 0. The second-order valence-electron chi connectivity index (χ2n) is 7.41. The summed E-state index contributed by atoms with van der Waals surface area (Å²) in [6, 6.07) is 26.1. The zero-order valence-electron chi connectivity index (χ0n) is 16.1. The van der Waals surface area contributed by atoms with Crippen molar-refractivity contribution in [2.24, 2.45) is 0 Å². The van der Waals surface area contributed by atoms with Crippen LogP contribution in [-0.2, 0) is 5.66 Å². The Labute approximate surface area is 172 Å². The van der Waals surface area contributed by atoms with Gasteiger partial charge >= 0.3 is 0 Å². The van der Waals surface area contributed by atoms with Crippen molar-refractivity contribution in [3.05, 3.63) is 103 Å². The first kappa shape index (κ1) is 16.9. The van der Waals surface area contributed by atoms with Gasteiger partial charge in [-0.15, -0.1) is 9.59 Å². The van der Waals surface area contributed by atoms with E-state index in [0.29, 0.717) is 6.42 Å². The zero-order chi connectivity index (χ0) is 20.0. The van der Waals surface area contributed by atoms with Crippen LogP contribution < -0.4 is 0 Å². The molecule has 0 atom stereocenters. The molecule has 6 rings (SSSR count). The summed E-state index contributed by atoms with van der Waals surface area (Å²) in [5.41, 5.74) is 4.82. The molecule has 0 unspecified atom stereocenters. The van der Waals surface area contributed by atoms with Crippen LogP contribution in [0.1, 0.15) is 12.0 Å². The molecule has 0 radical (unpaired) electrons. The molecule has 0 saturated heterocycles. The Morgan fingerprint density at radius 3 is 1.57 bits per heavy atom. The first-order valence-corrected chi connectivity index (χ1v) is 9.92. The molecule has 0 saturated carbocycles.